The third kappa shape index (κ3) is 2.77. The highest BCUT2D eigenvalue weighted by atomic mass is 32.1. The molecule has 2 aromatic rings. The summed E-state index contributed by atoms with van der Waals surface area (Å²) in [6.07, 6.45) is 2.47. The largest absolute Gasteiger partial charge is 0.333 e. The van der Waals surface area contributed by atoms with Crippen molar-refractivity contribution >= 4 is 11.3 Å². The Kier molecular flexibility index (Phi) is 4.14. The van der Waals surface area contributed by atoms with E-state index in [0.717, 1.165) is 23.8 Å². The van der Waals surface area contributed by atoms with Crippen molar-refractivity contribution in [2.75, 3.05) is 13.1 Å². The van der Waals surface area contributed by atoms with Gasteiger partial charge >= 0.3 is 0 Å². The predicted molar refractivity (Wildman–Crippen MR) is 79.3 cm³/mol. The normalized spacial score (nSPS) is 24.1. The SMILES string of the molecule is CC1CCCN(Cc2noc(-c3cccs3)n2)C1CN. The molecule has 0 saturated carbocycles. The quantitative estimate of drug-likeness (QED) is 0.937. The van der Waals surface area contributed by atoms with E-state index in [2.05, 4.69) is 22.0 Å². The smallest absolute Gasteiger partial charge is 0.268 e. The molecule has 2 aromatic heterocycles. The minimum absolute atomic E-state index is 0.424. The van der Waals surface area contributed by atoms with Gasteiger partial charge < -0.3 is 10.3 Å². The highest BCUT2D eigenvalue weighted by Crippen LogP contribution is 2.25. The van der Waals surface area contributed by atoms with Gasteiger partial charge in [-0.25, -0.2) is 0 Å². The van der Waals surface area contributed by atoms with Crippen LogP contribution in [0.25, 0.3) is 10.8 Å². The van der Waals surface area contributed by atoms with E-state index in [1.807, 2.05) is 17.5 Å². The maximum absolute atomic E-state index is 5.92. The molecule has 1 aliphatic heterocycles. The molecule has 108 valence electrons. The van der Waals surface area contributed by atoms with Gasteiger partial charge in [0, 0.05) is 12.6 Å². The van der Waals surface area contributed by atoms with Gasteiger partial charge in [-0.3, -0.25) is 4.90 Å². The molecular weight excluding hydrogens is 272 g/mol. The van der Waals surface area contributed by atoms with Crippen LogP contribution in [-0.2, 0) is 6.54 Å². The summed E-state index contributed by atoms with van der Waals surface area (Å²) >= 11 is 1.61. The van der Waals surface area contributed by atoms with Crippen molar-refractivity contribution in [3.63, 3.8) is 0 Å². The third-order valence-corrected chi connectivity index (χ3v) is 4.87. The van der Waals surface area contributed by atoms with E-state index >= 15 is 0 Å². The number of rotatable bonds is 4. The summed E-state index contributed by atoms with van der Waals surface area (Å²) in [4.78, 5) is 7.90. The van der Waals surface area contributed by atoms with E-state index in [1.165, 1.54) is 12.8 Å². The van der Waals surface area contributed by atoms with Gasteiger partial charge in [-0.2, -0.15) is 4.98 Å². The monoisotopic (exact) mass is 292 g/mol. The average molecular weight is 292 g/mol. The standard InChI is InChI=1S/C14H20N4OS/c1-10-4-2-6-18(11(10)8-15)9-13-16-14(19-17-13)12-5-3-7-20-12/h3,5,7,10-11H,2,4,6,8-9,15H2,1H3. The first-order chi connectivity index (χ1) is 9.78. The zero-order chi connectivity index (χ0) is 13.9. The fourth-order valence-electron chi connectivity index (χ4n) is 2.91. The molecule has 1 aliphatic rings. The Morgan fingerprint density at radius 2 is 2.45 bits per heavy atom. The molecule has 2 unspecified atom stereocenters. The van der Waals surface area contributed by atoms with E-state index in [1.54, 1.807) is 11.3 Å². The lowest BCUT2D eigenvalue weighted by Crippen LogP contribution is -2.48. The summed E-state index contributed by atoms with van der Waals surface area (Å²) in [6.45, 7) is 4.75. The van der Waals surface area contributed by atoms with Crippen LogP contribution in [0.3, 0.4) is 0 Å². The maximum Gasteiger partial charge on any atom is 0.268 e. The zero-order valence-electron chi connectivity index (χ0n) is 11.7. The molecule has 0 aromatic carbocycles. The minimum Gasteiger partial charge on any atom is -0.333 e. The molecule has 5 nitrogen and oxygen atoms in total. The molecule has 0 amide bonds. The lowest BCUT2D eigenvalue weighted by atomic mass is 9.91. The molecule has 1 fully saturated rings. The van der Waals surface area contributed by atoms with Gasteiger partial charge in [0.25, 0.3) is 5.89 Å². The first-order valence-corrected chi connectivity index (χ1v) is 7.96. The summed E-state index contributed by atoms with van der Waals surface area (Å²) in [7, 11) is 0. The number of aromatic nitrogens is 2. The molecule has 0 radical (unpaired) electrons. The van der Waals surface area contributed by atoms with Gasteiger partial charge in [-0.05, 0) is 36.8 Å². The number of hydrogen-bond donors (Lipinski definition) is 1. The van der Waals surface area contributed by atoms with Crippen molar-refractivity contribution in [1.29, 1.82) is 0 Å². The van der Waals surface area contributed by atoms with Gasteiger partial charge in [0.1, 0.15) is 0 Å². The van der Waals surface area contributed by atoms with Crippen molar-refractivity contribution in [3.05, 3.63) is 23.3 Å². The third-order valence-electron chi connectivity index (χ3n) is 4.02. The van der Waals surface area contributed by atoms with Crippen LogP contribution in [0.2, 0.25) is 0 Å². The van der Waals surface area contributed by atoms with Crippen LogP contribution >= 0.6 is 11.3 Å². The Hall–Kier alpha value is -1.24. The summed E-state index contributed by atoms with van der Waals surface area (Å²) in [6, 6.07) is 4.40. The summed E-state index contributed by atoms with van der Waals surface area (Å²) < 4.78 is 5.34. The van der Waals surface area contributed by atoms with Crippen molar-refractivity contribution in [2.45, 2.75) is 32.4 Å². The molecule has 6 heteroatoms. The number of nitrogens with zero attached hydrogens (tertiary/aromatic N) is 3. The van der Waals surface area contributed by atoms with Crippen LogP contribution in [0.15, 0.2) is 22.0 Å². The van der Waals surface area contributed by atoms with Gasteiger partial charge in [0.15, 0.2) is 5.82 Å². The molecule has 0 aliphatic carbocycles. The summed E-state index contributed by atoms with van der Waals surface area (Å²) in [5, 5.41) is 6.11. The first-order valence-electron chi connectivity index (χ1n) is 7.08. The molecule has 1 saturated heterocycles. The van der Waals surface area contributed by atoms with E-state index in [4.69, 9.17) is 10.3 Å². The molecule has 3 rings (SSSR count). The van der Waals surface area contributed by atoms with Crippen LogP contribution in [0, 0.1) is 5.92 Å². The molecule has 20 heavy (non-hydrogen) atoms. The van der Waals surface area contributed by atoms with Gasteiger partial charge in [-0.1, -0.05) is 18.1 Å². The Balaban J connectivity index is 1.71. The number of likely N-dealkylation sites (tertiary alicyclic amines) is 1. The molecule has 2 N–H and O–H groups in total. The number of hydrogen-bond acceptors (Lipinski definition) is 6. The molecular formula is C14H20N4OS. The number of nitrogens with two attached hydrogens (primary N) is 1. The topological polar surface area (TPSA) is 68.2 Å². The van der Waals surface area contributed by atoms with Crippen LogP contribution in [0.1, 0.15) is 25.6 Å². The second-order valence-corrected chi connectivity index (χ2v) is 6.33. The van der Waals surface area contributed by atoms with E-state index in [-0.39, 0.29) is 0 Å². The fourth-order valence-corrected chi connectivity index (χ4v) is 3.56. The van der Waals surface area contributed by atoms with Crippen LogP contribution in [-0.4, -0.2) is 34.2 Å². The number of piperidine rings is 1. The van der Waals surface area contributed by atoms with Crippen LogP contribution < -0.4 is 5.73 Å². The molecule has 0 bridgehead atoms. The average Bonchev–Trinajstić information content (AvgIpc) is 3.09. The highest BCUT2D eigenvalue weighted by molar-refractivity contribution is 7.13. The van der Waals surface area contributed by atoms with Crippen molar-refractivity contribution in [3.8, 4) is 10.8 Å². The molecule has 2 atom stereocenters. The van der Waals surface area contributed by atoms with Crippen LogP contribution in [0.4, 0.5) is 0 Å². The second-order valence-electron chi connectivity index (χ2n) is 5.39. The van der Waals surface area contributed by atoms with Gasteiger partial charge in [0.2, 0.25) is 0 Å². The lowest BCUT2D eigenvalue weighted by Gasteiger charge is -2.38. The summed E-state index contributed by atoms with van der Waals surface area (Å²) in [5.74, 6) is 2.00. The summed E-state index contributed by atoms with van der Waals surface area (Å²) in [5.41, 5.74) is 5.92. The molecule has 3 heterocycles. The Morgan fingerprint density at radius 3 is 3.20 bits per heavy atom. The highest BCUT2D eigenvalue weighted by Gasteiger charge is 2.28. The van der Waals surface area contributed by atoms with Crippen LogP contribution in [0.5, 0.6) is 0 Å². The first kappa shape index (κ1) is 13.7. The van der Waals surface area contributed by atoms with Crippen molar-refractivity contribution < 1.29 is 4.52 Å². The maximum atomic E-state index is 5.92. The van der Waals surface area contributed by atoms with E-state index in [0.29, 0.717) is 24.4 Å². The van der Waals surface area contributed by atoms with Gasteiger partial charge in [-0.15, -0.1) is 11.3 Å². The lowest BCUT2D eigenvalue weighted by molar-refractivity contribution is 0.0955. The fraction of sp³-hybridized carbons (Fsp3) is 0.571. The Morgan fingerprint density at radius 1 is 1.55 bits per heavy atom. The van der Waals surface area contributed by atoms with Crippen molar-refractivity contribution in [2.24, 2.45) is 11.7 Å². The molecule has 0 spiro atoms. The van der Waals surface area contributed by atoms with Crippen molar-refractivity contribution in [1.82, 2.24) is 15.0 Å². The Bertz CT molecular complexity index is 539. The van der Waals surface area contributed by atoms with E-state index < -0.39 is 0 Å². The second kappa shape index (κ2) is 6.03. The zero-order valence-corrected chi connectivity index (χ0v) is 12.5. The minimum atomic E-state index is 0.424. The van der Waals surface area contributed by atoms with Gasteiger partial charge in [0.05, 0.1) is 11.4 Å². The number of thiophene rings is 1. The predicted octanol–water partition coefficient (Wildman–Crippen LogP) is 2.36. The van der Waals surface area contributed by atoms with E-state index in [9.17, 15) is 0 Å². The Labute approximate surface area is 122 Å².